The van der Waals surface area contributed by atoms with E-state index in [1.54, 1.807) is 0 Å². The average molecular weight is 371 g/mol. The predicted molar refractivity (Wildman–Crippen MR) is 111 cm³/mol. The van der Waals surface area contributed by atoms with Crippen LogP contribution in [0.4, 0.5) is 0 Å². The first kappa shape index (κ1) is 23.9. The third-order valence-corrected chi connectivity index (χ3v) is 5.74. The minimum Gasteiger partial charge on any atom is -0.379 e. The van der Waals surface area contributed by atoms with E-state index >= 15 is 0 Å². The van der Waals surface area contributed by atoms with Crippen LogP contribution in [0.3, 0.4) is 0 Å². The SMILES string of the molecule is CCCCCCCCCC(CCCCCCCC(N)O)N1CCOCC1. The molecule has 156 valence electrons. The second-order valence-corrected chi connectivity index (χ2v) is 8.12. The van der Waals surface area contributed by atoms with Gasteiger partial charge in [0, 0.05) is 19.1 Å². The Morgan fingerprint density at radius 3 is 1.73 bits per heavy atom. The van der Waals surface area contributed by atoms with Gasteiger partial charge in [-0.1, -0.05) is 77.6 Å². The number of aliphatic hydroxyl groups excluding tert-OH is 1. The van der Waals surface area contributed by atoms with Gasteiger partial charge in [0.2, 0.25) is 0 Å². The van der Waals surface area contributed by atoms with Crippen molar-refractivity contribution in [1.82, 2.24) is 4.90 Å². The molecule has 0 aromatic heterocycles. The molecular formula is C22H46N2O2. The van der Waals surface area contributed by atoms with E-state index in [1.165, 1.54) is 83.5 Å². The summed E-state index contributed by atoms with van der Waals surface area (Å²) < 4.78 is 5.55. The lowest BCUT2D eigenvalue weighted by molar-refractivity contribution is 0.0118. The maximum Gasteiger partial charge on any atom is 0.102 e. The lowest BCUT2D eigenvalue weighted by atomic mass is 9.98. The quantitative estimate of drug-likeness (QED) is 0.284. The van der Waals surface area contributed by atoms with E-state index in [2.05, 4.69) is 11.8 Å². The van der Waals surface area contributed by atoms with Gasteiger partial charge in [0.05, 0.1) is 13.2 Å². The molecule has 0 spiro atoms. The van der Waals surface area contributed by atoms with Gasteiger partial charge >= 0.3 is 0 Å². The molecule has 1 fully saturated rings. The van der Waals surface area contributed by atoms with Gasteiger partial charge < -0.3 is 15.6 Å². The molecule has 0 aliphatic carbocycles. The molecule has 1 heterocycles. The maximum atomic E-state index is 9.10. The molecule has 1 saturated heterocycles. The predicted octanol–water partition coefficient (Wildman–Crippen LogP) is 4.84. The summed E-state index contributed by atoms with van der Waals surface area (Å²) in [4.78, 5) is 2.69. The van der Waals surface area contributed by atoms with Crippen molar-refractivity contribution >= 4 is 0 Å². The van der Waals surface area contributed by atoms with Crippen LogP contribution in [0.15, 0.2) is 0 Å². The summed E-state index contributed by atoms with van der Waals surface area (Å²) in [6.45, 7) is 6.35. The minimum absolute atomic E-state index is 0.623. The van der Waals surface area contributed by atoms with E-state index in [9.17, 15) is 0 Å². The largest absolute Gasteiger partial charge is 0.379 e. The molecular weight excluding hydrogens is 324 g/mol. The fourth-order valence-electron chi connectivity index (χ4n) is 4.05. The van der Waals surface area contributed by atoms with Crippen molar-refractivity contribution in [2.75, 3.05) is 26.3 Å². The molecule has 26 heavy (non-hydrogen) atoms. The standard InChI is InChI=1S/C22H46N2O2/c1-2-3-4-5-6-8-11-14-21(24-17-19-26-20-18-24)15-12-9-7-10-13-16-22(23)25/h21-22,25H,2-20,23H2,1H3. The zero-order chi connectivity index (χ0) is 18.9. The van der Waals surface area contributed by atoms with Gasteiger partial charge in [-0.05, 0) is 25.7 Å². The van der Waals surface area contributed by atoms with E-state index in [0.29, 0.717) is 0 Å². The van der Waals surface area contributed by atoms with Crippen LogP contribution >= 0.6 is 0 Å². The Kier molecular flexibility index (Phi) is 15.6. The first-order chi connectivity index (χ1) is 12.7. The van der Waals surface area contributed by atoms with Gasteiger partial charge in [-0.15, -0.1) is 0 Å². The first-order valence-corrected chi connectivity index (χ1v) is 11.5. The highest BCUT2D eigenvalue weighted by Gasteiger charge is 2.20. The number of ether oxygens (including phenoxy) is 1. The van der Waals surface area contributed by atoms with E-state index in [4.69, 9.17) is 15.6 Å². The van der Waals surface area contributed by atoms with Crippen molar-refractivity contribution in [3.05, 3.63) is 0 Å². The van der Waals surface area contributed by atoms with Gasteiger partial charge in [-0.3, -0.25) is 4.90 Å². The highest BCUT2D eigenvalue weighted by Crippen LogP contribution is 2.20. The average Bonchev–Trinajstić information content (AvgIpc) is 2.65. The number of morpholine rings is 1. The summed E-state index contributed by atoms with van der Waals surface area (Å²) in [5.74, 6) is 0. The van der Waals surface area contributed by atoms with Gasteiger partial charge in [0.25, 0.3) is 0 Å². The normalized spacial score (nSPS) is 18.1. The molecule has 0 radical (unpaired) electrons. The monoisotopic (exact) mass is 370 g/mol. The number of hydrogen-bond acceptors (Lipinski definition) is 4. The van der Waals surface area contributed by atoms with Gasteiger partial charge in [-0.2, -0.15) is 0 Å². The van der Waals surface area contributed by atoms with Crippen molar-refractivity contribution in [2.45, 2.75) is 116 Å². The Morgan fingerprint density at radius 1 is 0.769 bits per heavy atom. The van der Waals surface area contributed by atoms with Gasteiger partial charge in [0.1, 0.15) is 6.23 Å². The Bertz CT molecular complexity index is 294. The molecule has 3 N–H and O–H groups in total. The first-order valence-electron chi connectivity index (χ1n) is 11.5. The number of unbranched alkanes of at least 4 members (excludes halogenated alkanes) is 10. The van der Waals surface area contributed by atoms with Crippen LogP contribution in [0.5, 0.6) is 0 Å². The fourth-order valence-corrected chi connectivity index (χ4v) is 4.05. The molecule has 1 aliphatic rings. The molecule has 4 nitrogen and oxygen atoms in total. The Hall–Kier alpha value is -0.160. The molecule has 0 amide bonds. The van der Waals surface area contributed by atoms with E-state index in [0.717, 1.165) is 45.2 Å². The summed E-state index contributed by atoms with van der Waals surface area (Å²) in [6.07, 6.45) is 18.8. The minimum atomic E-state index is -0.623. The highest BCUT2D eigenvalue weighted by atomic mass is 16.5. The van der Waals surface area contributed by atoms with Crippen molar-refractivity contribution in [2.24, 2.45) is 5.73 Å². The molecule has 1 rings (SSSR count). The summed E-state index contributed by atoms with van der Waals surface area (Å²) in [5, 5.41) is 9.10. The number of nitrogens with two attached hydrogens (primary N) is 1. The second kappa shape index (κ2) is 17.0. The topological polar surface area (TPSA) is 58.7 Å². The molecule has 1 aliphatic heterocycles. The number of hydrogen-bond donors (Lipinski definition) is 2. The Labute approximate surface area is 162 Å². The lowest BCUT2D eigenvalue weighted by Gasteiger charge is -2.34. The fraction of sp³-hybridized carbons (Fsp3) is 1.00. The van der Waals surface area contributed by atoms with Crippen LogP contribution in [0.25, 0.3) is 0 Å². The molecule has 4 heteroatoms. The molecule has 0 bridgehead atoms. The highest BCUT2D eigenvalue weighted by molar-refractivity contribution is 4.74. The molecule has 2 unspecified atom stereocenters. The molecule has 0 aromatic carbocycles. The van der Waals surface area contributed by atoms with Crippen LogP contribution in [0.2, 0.25) is 0 Å². The lowest BCUT2D eigenvalue weighted by Crippen LogP contribution is -2.43. The van der Waals surface area contributed by atoms with Crippen molar-refractivity contribution in [3.8, 4) is 0 Å². The Morgan fingerprint density at radius 2 is 1.23 bits per heavy atom. The summed E-state index contributed by atoms with van der Waals surface area (Å²) >= 11 is 0. The van der Waals surface area contributed by atoms with Crippen LogP contribution < -0.4 is 5.73 Å². The third kappa shape index (κ3) is 13.1. The van der Waals surface area contributed by atoms with Crippen LogP contribution in [0.1, 0.15) is 103 Å². The van der Waals surface area contributed by atoms with E-state index in [1.807, 2.05) is 0 Å². The summed E-state index contributed by atoms with van der Waals surface area (Å²) in [5.41, 5.74) is 5.39. The second-order valence-electron chi connectivity index (χ2n) is 8.12. The van der Waals surface area contributed by atoms with Crippen molar-refractivity contribution in [1.29, 1.82) is 0 Å². The summed E-state index contributed by atoms with van der Waals surface area (Å²) in [6, 6.07) is 0.764. The smallest absolute Gasteiger partial charge is 0.102 e. The Balaban J connectivity index is 2.13. The van der Waals surface area contributed by atoms with Gasteiger partial charge in [0.15, 0.2) is 0 Å². The summed E-state index contributed by atoms with van der Waals surface area (Å²) in [7, 11) is 0. The zero-order valence-corrected chi connectivity index (χ0v) is 17.5. The number of aliphatic hydroxyl groups is 1. The van der Waals surface area contributed by atoms with Gasteiger partial charge in [-0.25, -0.2) is 0 Å². The van der Waals surface area contributed by atoms with Crippen molar-refractivity contribution in [3.63, 3.8) is 0 Å². The molecule has 0 saturated carbocycles. The van der Waals surface area contributed by atoms with Crippen LogP contribution in [-0.4, -0.2) is 48.6 Å². The van der Waals surface area contributed by atoms with E-state index < -0.39 is 6.23 Å². The zero-order valence-electron chi connectivity index (χ0n) is 17.5. The van der Waals surface area contributed by atoms with Crippen LogP contribution in [-0.2, 0) is 4.74 Å². The van der Waals surface area contributed by atoms with E-state index in [-0.39, 0.29) is 0 Å². The maximum absolute atomic E-state index is 9.10. The third-order valence-electron chi connectivity index (χ3n) is 5.74. The van der Waals surface area contributed by atoms with Crippen LogP contribution in [0, 0.1) is 0 Å². The number of rotatable bonds is 17. The molecule has 0 aromatic rings. The number of nitrogens with zero attached hydrogens (tertiary/aromatic N) is 1. The molecule has 2 atom stereocenters. The van der Waals surface area contributed by atoms with Crippen molar-refractivity contribution < 1.29 is 9.84 Å².